The zero-order chi connectivity index (χ0) is 24.7. The van der Waals surface area contributed by atoms with Crippen LogP contribution in [0, 0.1) is 5.82 Å². The van der Waals surface area contributed by atoms with Crippen molar-refractivity contribution in [2.24, 2.45) is 0 Å². The van der Waals surface area contributed by atoms with Crippen molar-refractivity contribution < 1.29 is 18.4 Å². The Hall–Kier alpha value is -3.72. The second kappa shape index (κ2) is 9.14. The molecule has 1 aromatic carbocycles. The molecule has 5 rings (SSSR count). The number of pyridine rings is 1. The first-order valence-corrected chi connectivity index (χ1v) is 11.7. The van der Waals surface area contributed by atoms with Crippen LogP contribution in [-0.4, -0.2) is 62.6 Å². The SMILES string of the molecule is CC(C)n1ncc2c(C(=O)N3CCN(C(=O)c4cc(Cl)ccc4F)CC3)cc(-c3ccco3)nc21. The van der Waals surface area contributed by atoms with E-state index in [1.807, 2.05) is 13.8 Å². The molecule has 0 spiro atoms. The Balaban J connectivity index is 1.41. The molecule has 4 aromatic rings. The van der Waals surface area contributed by atoms with E-state index in [0.717, 1.165) is 0 Å². The van der Waals surface area contributed by atoms with Crippen molar-refractivity contribution in [1.82, 2.24) is 24.6 Å². The van der Waals surface area contributed by atoms with E-state index in [9.17, 15) is 14.0 Å². The third kappa shape index (κ3) is 4.27. The Morgan fingerprint density at radius 2 is 1.71 bits per heavy atom. The molecule has 0 bridgehead atoms. The van der Waals surface area contributed by atoms with Gasteiger partial charge >= 0.3 is 0 Å². The van der Waals surface area contributed by atoms with E-state index in [1.165, 1.54) is 23.1 Å². The second-order valence-corrected chi connectivity index (χ2v) is 9.10. The first-order valence-electron chi connectivity index (χ1n) is 11.3. The molecule has 1 aliphatic heterocycles. The average Bonchev–Trinajstić information content (AvgIpc) is 3.54. The number of aromatic nitrogens is 3. The summed E-state index contributed by atoms with van der Waals surface area (Å²) in [6.07, 6.45) is 3.21. The highest BCUT2D eigenvalue weighted by atomic mass is 35.5. The summed E-state index contributed by atoms with van der Waals surface area (Å²) in [7, 11) is 0. The van der Waals surface area contributed by atoms with Crippen LogP contribution in [0.3, 0.4) is 0 Å². The summed E-state index contributed by atoms with van der Waals surface area (Å²) in [6.45, 7) is 5.17. The first-order chi connectivity index (χ1) is 16.8. The molecule has 0 unspecified atom stereocenters. The van der Waals surface area contributed by atoms with Gasteiger partial charge in [-0.05, 0) is 50.2 Å². The van der Waals surface area contributed by atoms with Gasteiger partial charge in [-0.15, -0.1) is 0 Å². The van der Waals surface area contributed by atoms with Crippen molar-refractivity contribution in [1.29, 1.82) is 0 Å². The fourth-order valence-corrected chi connectivity index (χ4v) is 4.41. The predicted octanol–water partition coefficient (Wildman–Crippen LogP) is 4.66. The molecule has 2 amide bonds. The first kappa shape index (κ1) is 23.0. The number of hydrogen-bond acceptors (Lipinski definition) is 5. The van der Waals surface area contributed by atoms with E-state index in [4.69, 9.17) is 21.0 Å². The zero-order valence-electron chi connectivity index (χ0n) is 19.2. The molecule has 35 heavy (non-hydrogen) atoms. The molecule has 0 radical (unpaired) electrons. The smallest absolute Gasteiger partial charge is 0.257 e. The molecule has 4 heterocycles. The summed E-state index contributed by atoms with van der Waals surface area (Å²) < 4.78 is 21.5. The maximum absolute atomic E-state index is 14.2. The minimum Gasteiger partial charge on any atom is -0.463 e. The quantitative estimate of drug-likeness (QED) is 0.411. The Labute approximate surface area is 205 Å². The van der Waals surface area contributed by atoms with Gasteiger partial charge in [-0.1, -0.05) is 11.6 Å². The molecule has 8 nitrogen and oxygen atoms in total. The molecule has 180 valence electrons. The lowest BCUT2D eigenvalue weighted by Crippen LogP contribution is -2.50. The average molecular weight is 496 g/mol. The summed E-state index contributed by atoms with van der Waals surface area (Å²) in [6, 6.07) is 9.23. The third-order valence-electron chi connectivity index (χ3n) is 6.07. The van der Waals surface area contributed by atoms with Gasteiger partial charge in [-0.3, -0.25) is 9.59 Å². The molecule has 0 N–H and O–H groups in total. The van der Waals surface area contributed by atoms with Crippen LogP contribution in [0.15, 0.2) is 53.3 Å². The summed E-state index contributed by atoms with van der Waals surface area (Å²) in [5, 5.41) is 5.39. The van der Waals surface area contributed by atoms with Gasteiger partial charge in [0.15, 0.2) is 11.4 Å². The highest BCUT2D eigenvalue weighted by Crippen LogP contribution is 2.28. The van der Waals surface area contributed by atoms with Crippen molar-refractivity contribution in [2.75, 3.05) is 26.2 Å². The fourth-order valence-electron chi connectivity index (χ4n) is 4.24. The number of piperazine rings is 1. The van der Waals surface area contributed by atoms with Gasteiger partial charge in [0.25, 0.3) is 11.8 Å². The Bertz CT molecular complexity index is 1410. The number of amides is 2. The molecular weight excluding hydrogens is 473 g/mol. The van der Waals surface area contributed by atoms with Gasteiger partial charge < -0.3 is 14.2 Å². The summed E-state index contributed by atoms with van der Waals surface area (Å²) in [4.78, 5) is 34.4. The van der Waals surface area contributed by atoms with Crippen LogP contribution < -0.4 is 0 Å². The molecule has 1 aliphatic rings. The van der Waals surface area contributed by atoms with Crippen LogP contribution in [0.5, 0.6) is 0 Å². The van der Waals surface area contributed by atoms with Gasteiger partial charge in [0.1, 0.15) is 11.5 Å². The van der Waals surface area contributed by atoms with Gasteiger partial charge in [0.05, 0.1) is 29.0 Å². The predicted molar refractivity (Wildman–Crippen MR) is 129 cm³/mol. The molecule has 0 aliphatic carbocycles. The number of rotatable bonds is 4. The van der Waals surface area contributed by atoms with Crippen LogP contribution in [-0.2, 0) is 0 Å². The summed E-state index contributed by atoms with van der Waals surface area (Å²) in [5.41, 5.74) is 1.53. The van der Waals surface area contributed by atoms with Crippen molar-refractivity contribution in [2.45, 2.75) is 19.9 Å². The highest BCUT2D eigenvalue weighted by Gasteiger charge is 2.29. The van der Waals surface area contributed by atoms with Crippen LogP contribution >= 0.6 is 11.6 Å². The minimum absolute atomic E-state index is 0.0521. The molecule has 3 aromatic heterocycles. The summed E-state index contributed by atoms with van der Waals surface area (Å²) in [5.74, 6) is -0.697. The summed E-state index contributed by atoms with van der Waals surface area (Å²) >= 11 is 5.94. The number of fused-ring (bicyclic) bond motifs is 1. The fraction of sp³-hybridized carbons (Fsp3) is 0.280. The third-order valence-corrected chi connectivity index (χ3v) is 6.31. The number of carbonyl (C=O) groups is 2. The van der Waals surface area contributed by atoms with E-state index in [-0.39, 0.29) is 30.6 Å². The van der Waals surface area contributed by atoms with Gasteiger partial charge in [0.2, 0.25) is 0 Å². The number of hydrogen-bond donors (Lipinski definition) is 0. The van der Waals surface area contributed by atoms with Crippen LogP contribution in [0.4, 0.5) is 4.39 Å². The zero-order valence-corrected chi connectivity index (χ0v) is 20.0. The lowest BCUT2D eigenvalue weighted by molar-refractivity contribution is 0.0534. The highest BCUT2D eigenvalue weighted by molar-refractivity contribution is 6.31. The van der Waals surface area contributed by atoms with Crippen LogP contribution in [0.1, 0.15) is 40.6 Å². The number of carbonyl (C=O) groups excluding carboxylic acids is 2. The van der Waals surface area contributed by atoms with E-state index in [0.29, 0.717) is 46.2 Å². The minimum atomic E-state index is -0.621. The van der Waals surface area contributed by atoms with E-state index in [2.05, 4.69) is 5.10 Å². The molecule has 0 saturated carbocycles. The number of benzene rings is 1. The van der Waals surface area contributed by atoms with E-state index in [1.54, 1.807) is 40.2 Å². The van der Waals surface area contributed by atoms with Crippen molar-refractivity contribution in [3.05, 3.63) is 70.8 Å². The van der Waals surface area contributed by atoms with Crippen LogP contribution in [0.2, 0.25) is 5.02 Å². The maximum Gasteiger partial charge on any atom is 0.257 e. The van der Waals surface area contributed by atoms with E-state index < -0.39 is 11.7 Å². The van der Waals surface area contributed by atoms with E-state index >= 15 is 0 Å². The molecule has 0 atom stereocenters. The monoisotopic (exact) mass is 495 g/mol. The molecular formula is C25H23ClFN5O3. The van der Waals surface area contributed by atoms with Gasteiger partial charge in [-0.2, -0.15) is 5.10 Å². The molecule has 1 fully saturated rings. The molecule has 10 heteroatoms. The Morgan fingerprint density at radius 1 is 1.03 bits per heavy atom. The van der Waals surface area contributed by atoms with Gasteiger partial charge in [0, 0.05) is 37.2 Å². The topological polar surface area (TPSA) is 84.5 Å². The standard InChI is InChI=1S/C25H23ClFN5O3/c1-15(2)32-23-19(14-28-32)17(13-21(29-23)22-4-3-11-35-22)24(33)30-7-9-31(10-8-30)25(34)18-12-16(26)5-6-20(18)27/h3-6,11-15H,7-10H2,1-2H3. The van der Waals surface area contributed by atoms with Gasteiger partial charge in [-0.25, -0.2) is 14.1 Å². The Kier molecular flexibility index (Phi) is 6.02. The van der Waals surface area contributed by atoms with Crippen molar-refractivity contribution in [3.63, 3.8) is 0 Å². The largest absolute Gasteiger partial charge is 0.463 e. The second-order valence-electron chi connectivity index (χ2n) is 8.66. The lowest BCUT2D eigenvalue weighted by Gasteiger charge is -2.35. The normalized spacial score (nSPS) is 14.2. The van der Waals surface area contributed by atoms with Crippen molar-refractivity contribution >= 4 is 34.4 Å². The van der Waals surface area contributed by atoms with Crippen LogP contribution in [0.25, 0.3) is 22.5 Å². The number of halogens is 2. The maximum atomic E-state index is 14.2. The number of furan rings is 1. The lowest BCUT2D eigenvalue weighted by atomic mass is 10.1. The molecule has 1 saturated heterocycles. The number of nitrogens with zero attached hydrogens (tertiary/aromatic N) is 5. The Morgan fingerprint density at radius 3 is 2.34 bits per heavy atom. The van der Waals surface area contributed by atoms with Crippen molar-refractivity contribution in [3.8, 4) is 11.5 Å².